The first-order valence-corrected chi connectivity index (χ1v) is 7.57. The lowest BCUT2D eigenvalue weighted by molar-refractivity contribution is -0.0246. The summed E-state index contributed by atoms with van der Waals surface area (Å²) in [4.78, 5) is 2.41. The van der Waals surface area contributed by atoms with Gasteiger partial charge in [0, 0.05) is 5.39 Å². The smallest absolute Gasteiger partial charge is 0.135 e. The molecule has 2 unspecified atom stereocenters. The molecule has 1 aliphatic rings. The molecule has 0 radical (unpaired) electrons. The van der Waals surface area contributed by atoms with Gasteiger partial charge in [-0.1, -0.05) is 25.1 Å². The first-order valence-electron chi connectivity index (χ1n) is 7.57. The van der Waals surface area contributed by atoms with Crippen LogP contribution >= 0.6 is 0 Å². The van der Waals surface area contributed by atoms with E-state index < -0.39 is 6.10 Å². The summed E-state index contributed by atoms with van der Waals surface area (Å²) in [6, 6.07) is 9.90. The van der Waals surface area contributed by atoms with E-state index in [-0.39, 0.29) is 5.54 Å². The molecule has 2 heterocycles. The van der Waals surface area contributed by atoms with Gasteiger partial charge in [-0.2, -0.15) is 0 Å². The van der Waals surface area contributed by atoms with Crippen LogP contribution in [0.3, 0.4) is 0 Å². The molecule has 1 aromatic heterocycles. The van der Waals surface area contributed by atoms with Crippen LogP contribution in [0.2, 0.25) is 0 Å². The molecule has 0 spiro atoms. The van der Waals surface area contributed by atoms with Crippen LogP contribution in [0.25, 0.3) is 11.0 Å². The molecule has 1 saturated heterocycles. The summed E-state index contributed by atoms with van der Waals surface area (Å²) in [5.74, 6) is 0.683. The molecule has 2 aromatic rings. The molecule has 1 fully saturated rings. The Morgan fingerprint density at radius 3 is 2.65 bits per heavy atom. The highest BCUT2D eigenvalue weighted by molar-refractivity contribution is 5.77. The number of nitrogens with zero attached hydrogens (tertiary/aromatic N) is 1. The highest BCUT2D eigenvalue weighted by atomic mass is 16.4. The summed E-state index contributed by atoms with van der Waals surface area (Å²) in [5, 5.41) is 11.9. The average molecular weight is 273 g/mol. The molecule has 20 heavy (non-hydrogen) atoms. The maximum Gasteiger partial charge on any atom is 0.135 e. The van der Waals surface area contributed by atoms with Crippen molar-refractivity contribution < 1.29 is 9.52 Å². The number of likely N-dealkylation sites (tertiary alicyclic amines) is 1. The minimum Gasteiger partial charge on any atom is -0.458 e. The van der Waals surface area contributed by atoms with Crippen molar-refractivity contribution in [3.8, 4) is 0 Å². The van der Waals surface area contributed by atoms with Crippen molar-refractivity contribution in [1.29, 1.82) is 0 Å². The van der Waals surface area contributed by atoms with Gasteiger partial charge in [0.2, 0.25) is 0 Å². The lowest BCUT2D eigenvalue weighted by atomic mass is 9.88. The second-order valence-electron chi connectivity index (χ2n) is 5.99. The summed E-state index contributed by atoms with van der Waals surface area (Å²) >= 11 is 0. The van der Waals surface area contributed by atoms with Crippen LogP contribution in [0.15, 0.2) is 34.7 Å². The number of aliphatic hydroxyl groups is 1. The second-order valence-corrected chi connectivity index (χ2v) is 5.99. The first-order chi connectivity index (χ1) is 9.65. The molecule has 1 N–H and O–H groups in total. The maximum atomic E-state index is 10.9. The van der Waals surface area contributed by atoms with E-state index in [0.717, 1.165) is 30.5 Å². The Bertz CT molecular complexity index is 552. The minimum atomic E-state index is -0.585. The molecule has 0 saturated carbocycles. The number of para-hydroxylation sites is 1. The SMILES string of the molecule is CCC(C)(C(O)c1cc2ccccc2o1)N1CCCC1. The lowest BCUT2D eigenvalue weighted by Gasteiger charge is -2.41. The maximum absolute atomic E-state index is 10.9. The number of rotatable bonds is 4. The summed E-state index contributed by atoms with van der Waals surface area (Å²) in [5.41, 5.74) is 0.603. The van der Waals surface area contributed by atoms with Crippen LogP contribution in [0.5, 0.6) is 0 Å². The van der Waals surface area contributed by atoms with Crippen molar-refractivity contribution in [2.75, 3.05) is 13.1 Å². The van der Waals surface area contributed by atoms with Crippen LogP contribution in [0, 0.1) is 0 Å². The Labute approximate surface area is 120 Å². The van der Waals surface area contributed by atoms with Gasteiger partial charge in [-0.25, -0.2) is 0 Å². The van der Waals surface area contributed by atoms with Gasteiger partial charge in [-0.05, 0) is 51.4 Å². The van der Waals surface area contributed by atoms with Crippen LogP contribution in [0.4, 0.5) is 0 Å². The van der Waals surface area contributed by atoms with E-state index in [1.165, 1.54) is 12.8 Å². The quantitative estimate of drug-likeness (QED) is 0.922. The standard InChI is InChI=1S/C17H23NO2/c1-3-17(2,18-10-6-7-11-18)16(19)15-12-13-8-4-5-9-14(13)20-15/h4-5,8-9,12,16,19H,3,6-7,10-11H2,1-2H3. The first kappa shape index (κ1) is 13.7. The van der Waals surface area contributed by atoms with E-state index in [4.69, 9.17) is 4.42 Å². The number of hydrogen-bond donors (Lipinski definition) is 1. The molecular formula is C17H23NO2. The molecular weight excluding hydrogens is 250 g/mol. The van der Waals surface area contributed by atoms with Crippen molar-refractivity contribution in [2.24, 2.45) is 0 Å². The van der Waals surface area contributed by atoms with Gasteiger partial charge in [-0.3, -0.25) is 4.90 Å². The molecule has 3 heteroatoms. The molecule has 0 amide bonds. The van der Waals surface area contributed by atoms with Crippen LogP contribution in [-0.4, -0.2) is 28.6 Å². The zero-order valence-electron chi connectivity index (χ0n) is 12.3. The van der Waals surface area contributed by atoms with Gasteiger partial charge in [-0.15, -0.1) is 0 Å². The van der Waals surface area contributed by atoms with Crippen molar-refractivity contribution in [3.05, 3.63) is 36.1 Å². The van der Waals surface area contributed by atoms with Crippen molar-refractivity contribution in [3.63, 3.8) is 0 Å². The second kappa shape index (κ2) is 5.23. The number of furan rings is 1. The zero-order chi connectivity index (χ0) is 14.2. The topological polar surface area (TPSA) is 36.6 Å². The zero-order valence-corrected chi connectivity index (χ0v) is 12.3. The van der Waals surface area contributed by atoms with Gasteiger partial charge >= 0.3 is 0 Å². The van der Waals surface area contributed by atoms with Gasteiger partial charge in [0.1, 0.15) is 17.4 Å². The number of aliphatic hydroxyl groups excluding tert-OH is 1. The third kappa shape index (κ3) is 2.15. The fourth-order valence-corrected chi connectivity index (χ4v) is 3.26. The molecule has 3 rings (SSSR count). The molecule has 3 nitrogen and oxygen atoms in total. The van der Waals surface area contributed by atoms with Crippen molar-refractivity contribution in [2.45, 2.75) is 44.8 Å². The minimum absolute atomic E-state index is 0.246. The molecule has 1 aromatic carbocycles. The Kier molecular flexibility index (Phi) is 3.57. The van der Waals surface area contributed by atoms with E-state index >= 15 is 0 Å². The molecule has 1 aliphatic heterocycles. The molecule has 2 atom stereocenters. The summed E-state index contributed by atoms with van der Waals surface area (Å²) in [6.07, 6.45) is 2.77. The van der Waals surface area contributed by atoms with E-state index in [1.807, 2.05) is 30.3 Å². The summed E-state index contributed by atoms with van der Waals surface area (Å²) in [6.45, 7) is 6.43. The van der Waals surface area contributed by atoms with Gasteiger partial charge in [0.15, 0.2) is 0 Å². The number of hydrogen-bond acceptors (Lipinski definition) is 3. The summed E-state index contributed by atoms with van der Waals surface area (Å²) in [7, 11) is 0. The molecule has 0 aliphatic carbocycles. The Morgan fingerprint density at radius 1 is 1.30 bits per heavy atom. The monoisotopic (exact) mass is 273 g/mol. The van der Waals surface area contributed by atoms with Crippen molar-refractivity contribution >= 4 is 11.0 Å². The average Bonchev–Trinajstić information content (AvgIpc) is 3.14. The van der Waals surface area contributed by atoms with E-state index in [0.29, 0.717) is 5.76 Å². The van der Waals surface area contributed by atoms with E-state index in [9.17, 15) is 5.11 Å². The van der Waals surface area contributed by atoms with Crippen molar-refractivity contribution in [1.82, 2.24) is 4.90 Å². The Morgan fingerprint density at radius 2 is 2.00 bits per heavy atom. The predicted molar refractivity (Wildman–Crippen MR) is 80.7 cm³/mol. The Hall–Kier alpha value is -1.32. The van der Waals surface area contributed by atoms with Gasteiger partial charge in [0.25, 0.3) is 0 Å². The number of benzene rings is 1. The third-order valence-electron chi connectivity index (χ3n) is 4.85. The largest absolute Gasteiger partial charge is 0.458 e. The fourth-order valence-electron chi connectivity index (χ4n) is 3.26. The van der Waals surface area contributed by atoms with Gasteiger partial charge < -0.3 is 9.52 Å². The number of fused-ring (bicyclic) bond motifs is 1. The van der Waals surface area contributed by atoms with Crippen LogP contribution < -0.4 is 0 Å². The lowest BCUT2D eigenvalue weighted by Crippen LogP contribution is -2.48. The molecule has 0 bridgehead atoms. The predicted octanol–water partition coefficient (Wildman–Crippen LogP) is 3.73. The third-order valence-corrected chi connectivity index (χ3v) is 4.85. The highest BCUT2D eigenvalue weighted by Crippen LogP contribution is 2.38. The molecule has 108 valence electrons. The Balaban J connectivity index is 1.94. The van der Waals surface area contributed by atoms with E-state index in [1.54, 1.807) is 0 Å². The fraction of sp³-hybridized carbons (Fsp3) is 0.529. The van der Waals surface area contributed by atoms with E-state index in [2.05, 4.69) is 18.7 Å². The van der Waals surface area contributed by atoms with Gasteiger partial charge in [0.05, 0.1) is 5.54 Å². The highest BCUT2D eigenvalue weighted by Gasteiger charge is 2.40. The van der Waals surface area contributed by atoms with Crippen LogP contribution in [-0.2, 0) is 0 Å². The normalized spacial score (nSPS) is 21.1. The van der Waals surface area contributed by atoms with Crippen LogP contribution in [0.1, 0.15) is 45.0 Å². The summed E-state index contributed by atoms with van der Waals surface area (Å²) < 4.78 is 5.86.